The van der Waals surface area contributed by atoms with Crippen molar-refractivity contribution in [1.82, 2.24) is 9.62 Å². The molecule has 0 saturated carbocycles. The van der Waals surface area contributed by atoms with Crippen molar-refractivity contribution in [2.75, 3.05) is 33.4 Å². The first-order chi connectivity index (χ1) is 17.6. The van der Waals surface area contributed by atoms with Gasteiger partial charge < -0.3 is 30.9 Å². The lowest BCUT2D eigenvalue weighted by atomic mass is 10.1. The van der Waals surface area contributed by atoms with Crippen molar-refractivity contribution in [2.45, 2.75) is 42.7 Å². The molecule has 1 fully saturated rings. The summed E-state index contributed by atoms with van der Waals surface area (Å²) in [6.07, 6.45) is 1.52. The largest absolute Gasteiger partial charge is 0.497 e. The summed E-state index contributed by atoms with van der Waals surface area (Å²) >= 11 is 0. The van der Waals surface area contributed by atoms with Gasteiger partial charge in [0.25, 0.3) is 0 Å². The predicted molar refractivity (Wildman–Crippen MR) is 138 cm³/mol. The summed E-state index contributed by atoms with van der Waals surface area (Å²) in [5.41, 5.74) is 10.7. The molecule has 1 aliphatic heterocycles. The zero-order chi connectivity index (χ0) is 27.0. The molecule has 2 atom stereocenters. The molecule has 0 aliphatic carbocycles. The minimum absolute atomic E-state index is 0.0424. The molecule has 1 unspecified atom stereocenters. The van der Waals surface area contributed by atoms with Gasteiger partial charge in [-0.05, 0) is 60.7 Å². The summed E-state index contributed by atoms with van der Waals surface area (Å²) in [5.74, 6) is -1.42. The molecule has 3 rings (SSSR count). The van der Waals surface area contributed by atoms with Crippen molar-refractivity contribution in [3.05, 3.63) is 36.4 Å². The number of carbonyl (C=O) groups is 2. The van der Waals surface area contributed by atoms with E-state index in [1.54, 1.807) is 18.2 Å². The van der Waals surface area contributed by atoms with Gasteiger partial charge >= 0.3 is 5.97 Å². The van der Waals surface area contributed by atoms with E-state index in [1.807, 2.05) is 6.07 Å². The van der Waals surface area contributed by atoms with Crippen LogP contribution in [-0.2, 0) is 24.3 Å². The van der Waals surface area contributed by atoms with Gasteiger partial charge in [0.05, 0.1) is 18.1 Å². The molecule has 0 bridgehead atoms. The number of benzene rings is 2. The van der Waals surface area contributed by atoms with Crippen LogP contribution < -0.4 is 20.9 Å². The van der Waals surface area contributed by atoms with Gasteiger partial charge in [-0.3, -0.25) is 14.6 Å². The summed E-state index contributed by atoms with van der Waals surface area (Å²) in [4.78, 5) is 29.9. The van der Waals surface area contributed by atoms with E-state index in [4.69, 9.17) is 20.9 Å². The molecule has 13 heteroatoms. The molecule has 2 aromatic rings. The number of fused-ring (bicyclic) bond motifs is 1. The molecule has 0 spiro atoms. The lowest BCUT2D eigenvalue weighted by molar-refractivity contribution is -0.146. The number of methoxy groups -OCH3 is 1. The van der Waals surface area contributed by atoms with Gasteiger partial charge in [-0.2, -0.15) is 4.72 Å². The number of aliphatic imine (C=N–C) groups is 1. The number of sulfonamides is 1. The van der Waals surface area contributed by atoms with Gasteiger partial charge in [-0.25, -0.2) is 8.42 Å². The lowest BCUT2D eigenvalue weighted by Crippen LogP contribution is -2.51. The summed E-state index contributed by atoms with van der Waals surface area (Å²) in [5, 5.41) is 10.8. The van der Waals surface area contributed by atoms with Crippen LogP contribution in [0.2, 0.25) is 0 Å². The molecular weight excluding hydrogens is 502 g/mol. The second kappa shape index (κ2) is 12.7. The maximum Gasteiger partial charge on any atom is 0.323 e. The van der Waals surface area contributed by atoms with E-state index in [0.717, 1.165) is 16.7 Å². The summed E-state index contributed by atoms with van der Waals surface area (Å²) < 4.78 is 40.0. The minimum Gasteiger partial charge on any atom is -0.497 e. The van der Waals surface area contributed by atoms with Crippen molar-refractivity contribution < 1.29 is 32.6 Å². The maximum absolute atomic E-state index is 13.5. The molecule has 2 aromatic carbocycles. The molecule has 0 radical (unpaired) electrons. The molecule has 1 amide bonds. The van der Waals surface area contributed by atoms with Gasteiger partial charge in [-0.1, -0.05) is 12.1 Å². The van der Waals surface area contributed by atoms with Gasteiger partial charge in [0.2, 0.25) is 15.9 Å². The van der Waals surface area contributed by atoms with Gasteiger partial charge in [0.1, 0.15) is 18.3 Å². The minimum atomic E-state index is -4.16. The van der Waals surface area contributed by atoms with Crippen LogP contribution in [0.4, 0.5) is 0 Å². The van der Waals surface area contributed by atoms with Crippen molar-refractivity contribution in [1.29, 1.82) is 0 Å². The topological polar surface area (TPSA) is 187 Å². The highest BCUT2D eigenvalue weighted by Gasteiger charge is 2.32. The number of carboxylic acid groups (broad SMARTS) is 1. The second-order valence-electron chi connectivity index (χ2n) is 8.75. The molecule has 6 N–H and O–H groups in total. The van der Waals surface area contributed by atoms with Crippen LogP contribution in [0.3, 0.4) is 0 Å². The van der Waals surface area contributed by atoms with E-state index in [2.05, 4.69) is 9.71 Å². The highest BCUT2D eigenvalue weighted by Crippen LogP contribution is 2.24. The number of hydrogen-bond acceptors (Lipinski definition) is 7. The fraction of sp³-hybridized carbons (Fsp3) is 0.458. The van der Waals surface area contributed by atoms with Crippen LogP contribution in [-0.4, -0.2) is 81.8 Å². The fourth-order valence-electron chi connectivity index (χ4n) is 4.14. The number of hydrogen-bond donors (Lipinski definition) is 4. The van der Waals surface area contributed by atoms with Crippen molar-refractivity contribution in [3.63, 3.8) is 0 Å². The summed E-state index contributed by atoms with van der Waals surface area (Å²) in [6.45, 7) is 0.170. The van der Waals surface area contributed by atoms with E-state index in [1.165, 1.54) is 19.2 Å². The Morgan fingerprint density at radius 1 is 1.24 bits per heavy atom. The van der Waals surface area contributed by atoms with Gasteiger partial charge in [0.15, 0.2) is 5.96 Å². The monoisotopic (exact) mass is 535 g/mol. The highest BCUT2D eigenvalue weighted by atomic mass is 32.2. The third-order valence-corrected chi connectivity index (χ3v) is 7.43. The first-order valence-electron chi connectivity index (χ1n) is 11.9. The molecule has 202 valence electrons. The Bertz CT molecular complexity index is 1240. The number of nitrogens with one attached hydrogen (secondary N) is 1. The van der Waals surface area contributed by atoms with E-state index >= 15 is 0 Å². The first kappa shape index (κ1) is 28.2. The normalized spacial score (nSPS) is 16.3. The summed E-state index contributed by atoms with van der Waals surface area (Å²) in [7, 11) is -2.65. The van der Waals surface area contributed by atoms with Crippen LogP contribution in [0.15, 0.2) is 46.3 Å². The van der Waals surface area contributed by atoms with Crippen molar-refractivity contribution >= 4 is 38.6 Å². The van der Waals surface area contributed by atoms with E-state index in [-0.39, 0.29) is 42.9 Å². The van der Waals surface area contributed by atoms with Crippen LogP contribution in [0.25, 0.3) is 10.8 Å². The van der Waals surface area contributed by atoms with E-state index in [9.17, 15) is 23.1 Å². The number of guanidine groups is 1. The standard InChI is InChI=1S/C24H33N5O7S/c1-35-18-8-6-16-7-9-20(13-17(16)12-18)37(33,34)28-21(5-2-10-27-24(25)26)23(32)29(15-22(30)31)14-19-4-3-11-36-19/h6-9,12-13,19,21,28H,2-5,10-11,14-15H2,1H3,(H,30,31)(H4,25,26,27)/t19?,21-/m0/s1. The number of carbonyl (C=O) groups excluding carboxylic acids is 1. The van der Waals surface area contributed by atoms with Crippen LogP contribution in [0.5, 0.6) is 5.75 Å². The maximum atomic E-state index is 13.5. The van der Waals surface area contributed by atoms with E-state index in [0.29, 0.717) is 24.2 Å². The first-order valence-corrected chi connectivity index (χ1v) is 13.3. The van der Waals surface area contributed by atoms with E-state index < -0.39 is 34.5 Å². The molecule has 1 heterocycles. The van der Waals surface area contributed by atoms with Crippen LogP contribution in [0, 0.1) is 0 Å². The smallest absolute Gasteiger partial charge is 0.323 e. The second-order valence-corrected chi connectivity index (χ2v) is 10.5. The Hall–Kier alpha value is -3.42. The zero-order valence-corrected chi connectivity index (χ0v) is 21.4. The quantitative estimate of drug-likeness (QED) is 0.162. The molecule has 37 heavy (non-hydrogen) atoms. The third kappa shape index (κ3) is 8.03. The SMILES string of the molecule is COc1ccc2ccc(S(=O)(=O)N[C@@H](CCCN=C(N)N)C(=O)N(CC(=O)O)CC3CCCO3)cc2c1. The number of aliphatic carboxylic acids is 1. The van der Waals surface area contributed by atoms with Gasteiger partial charge in [0, 0.05) is 19.7 Å². The molecular formula is C24H33N5O7S. The van der Waals surface area contributed by atoms with Gasteiger partial charge in [-0.15, -0.1) is 0 Å². The van der Waals surface area contributed by atoms with Crippen molar-refractivity contribution in [2.24, 2.45) is 16.5 Å². The number of amides is 1. The van der Waals surface area contributed by atoms with Crippen LogP contribution >= 0.6 is 0 Å². The lowest BCUT2D eigenvalue weighted by Gasteiger charge is -2.28. The predicted octanol–water partition coefficient (Wildman–Crippen LogP) is 0.641. The average Bonchev–Trinajstić information content (AvgIpc) is 3.37. The van der Waals surface area contributed by atoms with Crippen molar-refractivity contribution in [3.8, 4) is 5.75 Å². The highest BCUT2D eigenvalue weighted by molar-refractivity contribution is 7.89. The number of rotatable bonds is 13. The molecule has 12 nitrogen and oxygen atoms in total. The Kier molecular flexibility index (Phi) is 9.66. The fourth-order valence-corrected chi connectivity index (χ4v) is 5.40. The summed E-state index contributed by atoms with van der Waals surface area (Å²) in [6, 6.07) is 8.65. The Morgan fingerprint density at radius 3 is 2.65 bits per heavy atom. The average molecular weight is 536 g/mol. The Labute approximate surface area is 215 Å². The number of nitrogens with zero attached hydrogens (tertiary/aromatic N) is 2. The molecule has 0 aromatic heterocycles. The number of ether oxygens (including phenoxy) is 2. The Morgan fingerprint density at radius 2 is 2.00 bits per heavy atom. The number of carboxylic acids is 1. The number of nitrogens with two attached hydrogens (primary N) is 2. The zero-order valence-electron chi connectivity index (χ0n) is 20.6. The molecule has 1 aliphatic rings. The van der Waals surface area contributed by atoms with Crippen LogP contribution in [0.1, 0.15) is 25.7 Å². The Balaban J connectivity index is 1.87. The third-order valence-electron chi connectivity index (χ3n) is 5.96. The molecule has 1 saturated heterocycles.